The first-order valence-electron chi connectivity index (χ1n) is 5.67. The smallest absolute Gasteiger partial charge is 0.0139 e. The molecule has 74 valence electrons. The van der Waals surface area contributed by atoms with Crippen molar-refractivity contribution in [2.24, 2.45) is 17.6 Å². The predicted molar refractivity (Wildman–Crippen MR) is 58.0 cm³/mol. The second-order valence-electron chi connectivity index (χ2n) is 4.85. The minimum Gasteiger partial charge on any atom is -0.327 e. The van der Waals surface area contributed by atoms with E-state index in [1.165, 1.54) is 24.8 Å². The summed E-state index contributed by atoms with van der Waals surface area (Å²) in [4.78, 5) is 0. The Labute approximate surface area is 85.3 Å². The van der Waals surface area contributed by atoms with Crippen molar-refractivity contribution < 1.29 is 0 Å². The van der Waals surface area contributed by atoms with Crippen LogP contribution >= 0.6 is 0 Å². The largest absolute Gasteiger partial charge is 0.327 e. The van der Waals surface area contributed by atoms with Gasteiger partial charge in [-0.15, -0.1) is 0 Å². The second-order valence-corrected chi connectivity index (χ2v) is 4.85. The zero-order valence-electron chi connectivity index (χ0n) is 8.39. The second kappa shape index (κ2) is 3.09. The zero-order chi connectivity index (χ0) is 9.54. The number of nitrogens with two attached hydrogens (primary N) is 1. The van der Waals surface area contributed by atoms with Gasteiger partial charge in [-0.3, -0.25) is 0 Å². The van der Waals surface area contributed by atoms with Gasteiger partial charge in [-0.2, -0.15) is 0 Å². The van der Waals surface area contributed by atoms with E-state index in [1.54, 1.807) is 0 Å². The van der Waals surface area contributed by atoms with Gasteiger partial charge in [0.2, 0.25) is 0 Å². The van der Waals surface area contributed by atoms with Crippen LogP contribution in [0.5, 0.6) is 0 Å². The summed E-state index contributed by atoms with van der Waals surface area (Å²) in [5.41, 5.74) is 7.76. The van der Waals surface area contributed by atoms with Crippen LogP contribution in [0.25, 0.3) is 0 Å². The molecule has 0 unspecified atom stereocenters. The lowest BCUT2D eigenvalue weighted by Gasteiger charge is -2.28. The molecule has 0 aromatic heterocycles. The van der Waals surface area contributed by atoms with Crippen molar-refractivity contribution in [1.29, 1.82) is 0 Å². The lowest BCUT2D eigenvalue weighted by molar-refractivity contribution is 0.366. The summed E-state index contributed by atoms with van der Waals surface area (Å²) in [6.45, 7) is 0. The predicted octanol–water partition coefficient (Wildman–Crippen LogP) is 2.53. The number of rotatable bonds is 1. The molecule has 0 heterocycles. The molecule has 2 aliphatic rings. The highest BCUT2D eigenvalue weighted by Gasteiger charge is 2.46. The van der Waals surface area contributed by atoms with Crippen LogP contribution in [0.1, 0.15) is 30.7 Å². The molecule has 2 aliphatic carbocycles. The maximum Gasteiger partial charge on any atom is 0.0139 e. The van der Waals surface area contributed by atoms with Gasteiger partial charge in [0.25, 0.3) is 0 Å². The molecule has 1 nitrogen and oxygen atoms in total. The Kier molecular flexibility index (Phi) is 1.88. The van der Waals surface area contributed by atoms with Crippen LogP contribution in [0, 0.1) is 11.8 Å². The third-order valence-corrected chi connectivity index (χ3v) is 4.17. The van der Waals surface area contributed by atoms with E-state index in [-0.39, 0.29) is 0 Å². The number of hydrogen-bond acceptors (Lipinski definition) is 1. The molecule has 0 amide bonds. The van der Waals surface area contributed by atoms with Crippen LogP contribution in [0.15, 0.2) is 30.3 Å². The summed E-state index contributed by atoms with van der Waals surface area (Å²) in [5, 5.41) is 0. The summed E-state index contributed by atoms with van der Waals surface area (Å²) in [5.74, 6) is 2.33. The molecule has 2 saturated carbocycles. The number of benzene rings is 1. The standard InChI is InChI=1S/C13H17N/c14-13-11-7-6-10(8-11)12(13)9-4-2-1-3-5-9/h1-5,10-13H,6-8,14H2/t10-,11-,12-,13+/m0/s1. The summed E-state index contributed by atoms with van der Waals surface area (Å²) < 4.78 is 0. The molecule has 1 aromatic rings. The van der Waals surface area contributed by atoms with E-state index in [1.807, 2.05) is 0 Å². The molecule has 0 spiro atoms. The van der Waals surface area contributed by atoms with Gasteiger partial charge in [0.05, 0.1) is 0 Å². The van der Waals surface area contributed by atoms with Crippen molar-refractivity contribution in [3.8, 4) is 0 Å². The fourth-order valence-corrected chi connectivity index (χ4v) is 3.51. The molecule has 2 bridgehead atoms. The van der Waals surface area contributed by atoms with Crippen molar-refractivity contribution >= 4 is 0 Å². The van der Waals surface area contributed by atoms with Gasteiger partial charge < -0.3 is 5.73 Å². The minimum absolute atomic E-state index is 0.427. The molecule has 4 atom stereocenters. The first-order valence-corrected chi connectivity index (χ1v) is 5.67. The molecule has 2 N–H and O–H groups in total. The van der Waals surface area contributed by atoms with E-state index in [0.29, 0.717) is 12.0 Å². The Balaban J connectivity index is 1.93. The van der Waals surface area contributed by atoms with E-state index < -0.39 is 0 Å². The molecule has 0 aliphatic heterocycles. The first kappa shape index (κ1) is 8.49. The molecular weight excluding hydrogens is 170 g/mol. The van der Waals surface area contributed by atoms with E-state index in [0.717, 1.165) is 11.8 Å². The molecular formula is C13H17N. The van der Waals surface area contributed by atoms with Crippen LogP contribution in [0.3, 0.4) is 0 Å². The average Bonchev–Trinajstić information content (AvgIpc) is 2.79. The molecule has 3 rings (SSSR count). The van der Waals surface area contributed by atoms with Crippen LogP contribution in [-0.2, 0) is 0 Å². The number of fused-ring (bicyclic) bond motifs is 2. The lowest BCUT2D eigenvalue weighted by atomic mass is 9.80. The Morgan fingerprint density at radius 2 is 1.71 bits per heavy atom. The van der Waals surface area contributed by atoms with Gasteiger partial charge in [0, 0.05) is 12.0 Å². The fraction of sp³-hybridized carbons (Fsp3) is 0.538. The first-order chi connectivity index (χ1) is 6.86. The van der Waals surface area contributed by atoms with Crippen molar-refractivity contribution in [2.45, 2.75) is 31.2 Å². The van der Waals surface area contributed by atoms with Crippen molar-refractivity contribution in [1.82, 2.24) is 0 Å². The fourth-order valence-electron chi connectivity index (χ4n) is 3.51. The van der Waals surface area contributed by atoms with Gasteiger partial charge in [-0.05, 0) is 36.7 Å². The third kappa shape index (κ3) is 1.12. The summed E-state index contributed by atoms with van der Waals surface area (Å²) >= 11 is 0. The van der Waals surface area contributed by atoms with Crippen molar-refractivity contribution in [3.05, 3.63) is 35.9 Å². The molecule has 14 heavy (non-hydrogen) atoms. The van der Waals surface area contributed by atoms with Crippen molar-refractivity contribution in [3.63, 3.8) is 0 Å². The highest BCUT2D eigenvalue weighted by molar-refractivity contribution is 5.25. The Morgan fingerprint density at radius 3 is 2.36 bits per heavy atom. The van der Waals surface area contributed by atoms with Gasteiger partial charge in [-0.25, -0.2) is 0 Å². The van der Waals surface area contributed by atoms with Crippen molar-refractivity contribution in [2.75, 3.05) is 0 Å². The van der Waals surface area contributed by atoms with Crippen LogP contribution < -0.4 is 5.73 Å². The Hall–Kier alpha value is -0.820. The highest BCUT2D eigenvalue weighted by Crippen LogP contribution is 2.51. The normalized spacial score (nSPS) is 40.4. The maximum absolute atomic E-state index is 6.30. The molecule has 2 fully saturated rings. The molecule has 1 heteroatoms. The Morgan fingerprint density at radius 1 is 1.00 bits per heavy atom. The minimum atomic E-state index is 0.427. The van der Waals surface area contributed by atoms with Gasteiger partial charge in [0.15, 0.2) is 0 Å². The monoisotopic (exact) mass is 187 g/mol. The highest BCUT2D eigenvalue weighted by atomic mass is 14.7. The van der Waals surface area contributed by atoms with E-state index in [9.17, 15) is 0 Å². The summed E-state index contributed by atoms with van der Waals surface area (Å²) in [7, 11) is 0. The summed E-state index contributed by atoms with van der Waals surface area (Å²) in [6.07, 6.45) is 4.15. The third-order valence-electron chi connectivity index (χ3n) is 4.17. The lowest BCUT2D eigenvalue weighted by Crippen LogP contribution is -2.33. The molecule has 1 aromatic carbocycles. The van der Waals surface area contributed by atoms with Gasteiger partial charge >= 0.3 is 0 Å². The molecule has 0 saturated heterocycles. The SMILES string of the molecule is N[C@@H]1[C@H]2CC[C@@H](C2)[C@@H]1c1ccccc1. The maximum atomic E-state index is 6.30. The van der Waals surface area contributed by atoms with Crippen LogP contribution in [0.4, 0.5) is 0 Å². The molecule has 0 radical (unpaired) electrons. The number of hydrogen-bond donors (Lipinski definition) is 1. The van der Waals surface area contributed by atoms with E-state index >= 15 is 0 Å². The van der Waals surface area contributed by atoms with Gasteiger partial charge in [-0.1, -0.05) is 30.3 Å². The van der Waals surface area contributed by atoms with E-state index in [2.05, 4.69) is 30.3 Å². The average molecular weight is 187 g/mol. The summed E-state index contributed by atoms with van der Waals surface area (Å²) in [6, 6.07) is 11.3. The Bertz CT molecular complexity index is 317. The topological polar surface area (TPSA) is 26.0 Å². The quantitative estimate of drug-likeness (QED) is 0.718. The van der Waals surface area contributed by atoms with Gasteiger partial charge in [0.1, 0.15) is 0 Å². The zero-order valence-corrected chi connectivity index (χ0v) is 8.39. The van der Waals surface area contributed by atoms with Crippen LogP contribution in [-0.4, -0.2) is 6.04 Å². The van der Waals surface area contributed by atoms with Crippen LogP contribution in [0.2, 0.25) is 0 Å². The van der Waals surface area contributed by atoms with E-state index in [4.69, 9.17) is 5.73 Å².